The quantitative estimate of drug-likeness (QED) is 0.531. The van der Waals surface area contributed by atoms with Gasteiger partial charge in [-0.3, -0.25) is 0 Å². The minimum Gasteiger partial charge on any atom is -0.100 e. The lowest BCUT2D eigenvalue weighted by Gasteiger charge is -2.08. The van der Waals surface area contributed by atoms with E-state index in [9.17, 15) is 0 Å². The second-order valence-corrected chi connectivity index (χ2v) is 4.92. The van der Waals surface area contributed by atoms with Gasteiger partial charge < -0.3 is 0 Å². The Morgan fingerprint density at radius 3 is 2.77 bits per heavy atom. The Balaban J connectivity index is 2.11. The molecule has 1 aliphatic rings. The van der Waals surface area contributed by atoms with Crippen LogP contribution in [0.4, 0.5) is 0 Å². The van der Waals surface area contributed by atoms with E-state index in [2.05, 4.69) is 27.4 Å². The van der Waals surface area contributed by atoms with Gasteiger partial charge in [0, 0.05) is 0 Å². The standard InChI is InChI=1S/C13H24/c1-5-6-11(4)13-9-12(13)8-7-10(2)3/h11-13H,2,5-9H2,1,3-4H3. The van der Waals surface area contributed by atoms with Crippen LogP contribution < -0.4 is 0 Å². The summed E-state index contributed by atoms with van der Waals surface area (Å²) in [6.45, 7) is 10.8. The van der Waals surface area contributed by atoms with Crippen molar-refractivity contribution in [1.82, 2.24) is 0 Å². The van der Waals surface area contributed by atoms with Crippen molar-refractivity contribution in [1.29, 1.82) is 0 Å². The average molecular weight is 180 g/mol. The molecule has 0 nitrogen and oxygen atoms in total. The van der Waals surface area contributed by atoms with Crippen molar-refractivity contribution in [2.24, 2.45) is 17.8 Å². The van der Waals surface area contributed by atoms with Crippen molar-refractivity contribution in [3.63, 3.8) is 0 Å². The normalized spacial score (nSPS) is 28.5. The summed E-state index contributed by atoms with van der Waals surface area (Å²) < 4.78 is 0. The van der Waals surface area contributed by atoms with Gasteiger partial charge >= 0.3 is 0 Å². The topological polar surface area (TPSA) is 0 Å². The zero-order valence-electron chi connectivity index (χ0n) is 9.47. The molecule has 0 bridgehead atoms. The molecule has 1 fully saturated rings. The number of allylic oxidation sites excluding steroid dienone is 1. The lowest BCUT2D eigenvalue weighted by atomic mass is 9.97. The summed E-state index contributed by atoms with van der Waals surface area (Å²) in [7, 11) is 0. The molecule has 0 spiro atoms. The molecule has 0 saturated heterocycles. The van der Waals surface area contributed by atoms with E-state index < -0.39 is 0 Å². The molecule has 0 aromatic heterocycles. The van der Waals surface area contributed by atoms with E-state index in [1.54, 1.807) is 0 Å². The maximum absolute atomic E-state index is 3.96. The molecule has 1 aliphatic carbocycles. The Morgan fingerprint density at radius 1 is 1.54 bits per heavy atom. The second kappa shape index (κ2) is 4.83. The van der Waals surface area contributed by atoms with Crippen LogP contribution in [0.3, 0.4) is 0 Å². The molecule has 0 aliphatic heterocycles. The third-order valence-corrected chi connectivity index (χ3v) is 3.39. The van der Waals surface area contributed by atoms with E-state index in [4.69, 9.17) is 0 Å². The first-order valence-electron chi connectivity index (χ1n) is 5.79. The van der Waals surface area contributed by atoms with Gasteiger partial charge in [-0.25, -0.2) is 0 Å². The number of rotatable bonds is 6. The highest BCUT2D eigenvalue weighted by molar-refractivity contribution is 4.95. The summed E-state index contributed by atoms with van der Waals surface area (Å²) in [6, 6.07) is 0. The molecule has 0 aromatic carbocycles. The van der Waals surface area contributed by atoms with Gasteiger partial charge in [-0.05, 0) is 43.9 Å². The minimum atomic E-state index is 0.972. The Labute approximate surface area is 83.4 Å². The fourth-order valence-corrected chi connectivity index (χ4v) is 2.40. The van der Waals surface area contributed by atoms with Crippen molar-refractivity contribution in [3.05, 3.63) is 12.2 Å². The molecule has 0 heteroatoms. The second-order valence-electron chi connectivity index (χ2n) is 4.92. The highest BCUT2D eigenvalue weighted by Gasteiger charge is 2.39. The van der Waals surface area contributed by atoms with Crippen molar-refractivity contribution in [2.45, 2.75) is 52.9 Å². The van der Waals surface area contributed by atoms with Gasteiger partial charge in [-0.15, -0.1) is 6.58 Å². The van der Waals surface area contributed by atoms with E-state index in [0.29, 0.717) is 0 Å². The maximum Gasteiger partial charge on any atom is -0.0323 e. The Kier molecular flexibility index (Phi) is 4.02. The zero-order chi connectivity index (χ0) is 9.84. The molecule has 13 heavy (non-hydrogen) atoms. The largest absolute Gasteiger partial charge is 0.100 e. The van der Waals surface area contributed by atoms with Crippen molar-refractivity contribution >= 4 is 0 Å². The molecular formula is C13H24. The predicted octanol–water partition coefficient (Wildman–Crippen LogP) is 4.42. The summed E-state index contributed by atoms with van der Waals surface area (Å²) in [5.41, 5.74) is 1.36. The highest BCUT2D eigenvalue weighted by atomic mass is 14.4. The molecule has 1 rings (SSSR count). The molecule has 0 N–H and O–H groups in total. The van der Waals surface area contributed by atoms with E-state index >= 15 is 0 Å². The first kappa shape index (κ1) is 10.8. The van der Waals surface area contributed by atoms with E-state index in [-0.39, 0.29) is 0 Å². The molecule has 76 valence electrons. The summed E-state index contributed by atoms with van der Waals surface area (Å²) >= 11 is 0. The van der Waals surface area contributed by atoms with Gasteiger partial charge in [-0.1, -0.05) is 32.3 Å². The Hall–Kier alpha value is -0.260. The zero-order valence-corrected chi connectivity index (χ0v) is 9.47. The van der Waals surface area contributed by atoms with Crippen LogP contribution in [0.15, 0.2) is 12.2 Å². The molecule has 0 heterocycles. The minimum absolute atomic E-state index is 0.972. The maximum atomic E-state index is 3.96. The molecule has 3 unspecified atom stereocenters. The predicted molar refractivity (Wildman–Crippen MR) is 59.7 cm³/mol. The van der Waals surface area contributed by atoms with Crippen LogP contribution in [0, 0.1) is 17.8 Å². The van der Waals surface area contributed by atoms with E-state index in [0.717, 1.165) is 17.8 Å². The molecular weight excluding hydrogens is 156 g/mol. The molecule has 3 atom stereocenters. The lowest BCUT2D eigenvalue weighted by molar-refractivity contribution is 0.430. The monoisotopic (exact) mass is 180 g/mol. The van der Waals surface area contributed by atoms with Crippen LogP contribution >= 0.6 is 0 Å². The van der Waals surface area contributed by atoms with Gasteiger partial charge in [0.1, 0.15) is 0 Å². The van der Waals surface area contributed by atoms with Gasteiger partial charge in [0.15, 0.2) is 0 Å². The van der Waals surface area contributed by atoms with E-state index in [1.165, 1.54) is 37.7 Å². The van der Waals surface area contributed by atoms with Crippen molar-refractivity contribution < 1.29 is 0 Å². The van der Waals surface area contributed by atoms with Gasteiger partial charge in [0.2, 0.25) is 0 Å². The summed E-state index contributed by atoms with van der Waals surface area (Å²) in [5, 5.41) is 0. The summed E-state index contributed by atoms with van der Waals surface area (Å²) in [4.78, 5) is 0. The Morgan fingerprint density at radius 2 is 2.23 bits per heavy atom. The van der Waals surface area contributed by atoms with Crippen LogP contribution in [0.1, 0.15) is 52.9 Å². The fraction of sp³-hybridized carbons (Fsp3) is 0.846. The molecule has 0 amide bonds. The Bertz CT molecular complexity index is 169. The third kappa shape index (κ3) is 3.54. The van der Waals surface area contributed by atoms with Crippen molar-refractivity contribution in [3.8, 4) is 0 Å². The highest BCUT2D eigenvalue weighted by Crippen LogP contribution is 2.48. The summed E-state index contributed by atoms with van der Waals surface area (Å²) in [5.74, 6) is 3.07. The van der Waals surface area contributed by atoms with Crippen LogP contribution in [0.25, 0.3) is 0 Å². The van der Waals surface area contributed by atoms with Crippen LogP contribution in [0.2, 0.25) is 0 Å². The van der Waals surface area contributed by atoms with Crippen LogP contribution in [0.5, 0.6) is 0 Å². The summed E-state index contributed by atoms with van der Waals surface area (Å²) in [6.07, 6.45) is 6.92. The van der Waals surface area contributed by atoms with Gasteiger partial charge in [-0.2, -0.15) is 0 Å². The van der Waals surface area contributed by atoms with Crippen LogP contribution in [-0.4, -0.2) is 0 Å². The number of hydrogen-bond acceptors (Lipinski definition) is 0. The molecule has 0 radical (unpaired) electrons. The van der Waals surface area contributed by atoms with E-state index in [1.807, 2.05) is 0 Å². The first-order chi connectivity index (χ1) is 6.15. The smallest absolute Gasteiger partial charge is 0.0323 e. The number of hydrogen-bond donors (Lipinski definition) is 0. The van der Waals surface area contributed by atoms with Crippen molar-refractivity contribution in [2.75, 3.05) is 0 Å². The molecule has 1 saturated carbocycles. The average Bonchev–Trinajstić information content (AvgIpc) is 2.80. The third-order valence-electron chi connectivity index (χ3n) is 3.39. The molecule has 0 aromatic rings. The van der Waals surface area contributed by atoms with Gasteiger partial charge in [0.25, 0.3) is 0 Å². The van der Waals surface area contributed by atoms with Crippen LogP contribution in [-0.2, 0) is 0 Å². The lowest BCUT2D eigenvalue weighted by Crippen LogP contribution is -1.98. The van der Waals surface area contributed by atoms with Gasteiger partial charge in [0.05, 0.1) is 0 Å². The SMILES string of the molecule is C=C(C)CCC1CC1C(C)CCC. The fourth-order valence-electron chi connectivity index (χ4n) is 2.40. The first-order valence-corrected chi connectivity index (χ1v) is 5.79.